The molecule has 7 nitrogen and oxygen atoms in total. The minimum atomic E-state index is -0.793. The predicted octanol–water partition coefficient (Wildman–Crippen LogP) is 5.97. The van der Waals surface area contributed by atoms with Gasteiger partial charge in [-0.25, -0.2) is 4.79 Å². The number of carbonyl (C=O) groups is 3. The molecule has 0 heterocycles. The zero-order valence-electron chi connectivity index (χ0n) is 24.7. The van der Waals surface area contributed by atoms with Crippen molar-refractivity contribution >= 4 is 17.9 Å². The summed E-state index contributed by atoms with van der Waals surface area (Å²) in [6, 6.07) is 4.64. The van der Waals surface area contributed by atoms with Crippen molar-refractivity contribution in [3.8, 4) is 0 Å². The Morgan fingerprint density at radius 3 is 2.13 bits per heavy atom. The Morgan fingerprint density at radius 2 is 1.63 bits per heavy atom. The highest BCUT2D eigenvalue weighted by Gasteiger charge is 2.49. The molecule has 1 aromatic carbocycles. The Balaban J connectivity index is 2.01. The number of carbonyl (C=O) groups excluding carboxylic acids is 3. The van der Waals surface area contributed by atoms with Crippen LogP contribution in [0.4, 0.5) is 4.79 Å². The number of ether oxygens (including phenoxy) is 1. The fourth-order valence-corrected chi connectivity index (χ4v) is 5.58. The van der Waals surface area contributed by atoms with Gasteiger partial charge in [0.25, 0.3) is 0 Å². The molecule has 0 radical (unpaired) electrons. The van der Waals surface area contributed by atoms with Crippen LogP contribution in [0.3, 0.4) is 0 Å². The number of benzene rings is 1. The molecule has 0 bridgehead atoms. The highest BCUT2D eigenvalue weighted by atomic mass is 16.6. The topological polar surface area (TPSA) is 87.7 Å². The van der Waals surface area contributed by atoms with Gasteiger partial charge in [0.2, 0.25) is 11.8 Å². The van der Waals surface area contributed by atoms with Gasteiger partial charge in [0.1, 0.15) is 17.7 Å². The van der Waals surface area contributed by atoms with E-state index in [0.29, 0.717) is 6.42 Å². The average Bonchev–Trinajstić information content (AvgIpc) is 3.54. The van der Waals surface area contributed by atoms with Gasteiger partial charge >= 0.3 is 6.09 Å². The summed E-state index contributed by atoms with van der Waals surface area (Å²) in [5, 5.41) is 6.17. The molecule has 2 fully saturated rings. The molecule has 0 saturated heterocycles. The maximum atomic E-state index is 14.4. The van der Waals surface area contributed by atoms with Gasteiger partial charge in [-0.15, -0.1) is 0 Å². The van der Waals surface area contributed by atoms with Gasteiger partial charge in [-0.3, -0.25) is 9.59 Å². The number of rotatable bonds is 9. The lowest BCUT2D eigenvalue weighted by atomic mass is 9.93. The summed E-state index contributed by atoms with van der Waals surface area (Å²) < 4.78 is 5.51. The summed E-state index contributed by atoms with van der Waals surface area (Å²) in [5.74, 6) is -0.196. The quantitative estimate of drug-likeness (QED) is 0.414. The summed E-state index contributed by atoms with van der Waals surface area (Å²) in [5.41, 5.74) is 2.25. The van der Waals surface area contributed by atoms with Crippen LogP contribution in [0.1, 0.15) is 109 Å². The smallest absolute Gasteiger partial charge is 0.408 e. The minimum absolute atomic E-state index is 0.0579. The lowest BCUT2D eigenvalue weighted by molar-refractivity contribution is -0.144. The summed E-state index contributed by atoms with van der Waals surface area (Å²) in [4.78, 5) is 43.1. The first-order valence-corrected chi connectivity index (χ1v) is 14.5. The molecule has 212 valence electrons. The number of nitrogens with one attached hydrogen (secondary N) is 2. The number of amides is 3. The Kier molecular flexibility index (Phi) is 9.88. The number of hydrogen-bond acceptors (Lipinski definition) is 4. The number of alkyl carbamates (subject to hydrolysis) is 1. The van der Waals surface area contributed by atoms with Crippen LogP contribution in [0, 0.1) is 25.7 Å². The van der Waals surface area contributed by atoms with E-state index in [-0.39, 0.29) is 35.7 Å². The zero-order valence-corrected chi connectivity index (χ0v) is 24.7. The largest absolute Gasteiger partial charge is 0.444 e. The van der Waals surface area contributed by atoms with Crippen molar-refractivity contribution in [3.63, 3.8) is 0 Å². The van der Waals surface area contributed by atoms with E-state index < -0.39 is 23.8 Å². The molecule has 3 rings (SSSR count). The zero-order chi connectivity index (χ0) is 28.2. The molecule has 2 aliphatic carbocycles. The van der Waals surface area contributed by atoms with Crippen LogP contribution in [-0.4, -0.2) is 46.5 Å². The maximum Gasteiger partial charge on any atom is 0.408 e. The van der Waals surface area contributed by atoms with Crippen LogP contribution >= 0.6 is 0 Å². The second-order valence-corrected chi connectivity index (χ2v) is 12.7. The fraction of sp³-hybridized carbons (Fsp3) is 0.710. The van der Waals surface area contributed by atoms with Crippen LogP contribution in [0.2, 0.25) is 0 Å². The molecule has 0 aromatic heterocycles. The molecule has 0 spiro atoms. The van der Waals surface area contributed by atoms with Gasteiger partial charge in [0.05, 0.1) is 0 Å². The lowest BCUT2D eigenvalue weighted by Crippen LogP contribution is -2.56. The Hall–Kier alpha value is -2.57. The number of aryl methyl sites for hydroxylation is 2. The maximum absolute atomic E-state index is 14.4. The molecular formula is C31H49N3O4. The monoisotopic (exact) mass is 527 g/mol. The Morgan fingerprint density at radius 1 is 1.05 bits per heavy atom. The van der Waals surface area contributed by atoms with Gasteiger partial charge in [-0.1, -0.05) is 75.8 Å². The number of hydrogen-bond donors (Lipinski definition) is 2. The van der Waals surface area contributed by atoms with E-state index in [1.54, 1.807) is 25.7 Å². The van der Waals surface area contributed by atoms with Crippen molar-refractivity contribution in [1.82, 2.24) is 15.5 Å². The molecule has 3 amide bonds. The van der Waals surface area contributed by atoms with Crippen molar-refractivity contribution in [2.75, 3.05) is 0 Å². The van der Waals surface area contributed by atoms with E-state index in [1.807, 2.05) is 39.8 Å². The Labute approximate surface area is 229 Å². The fourth-order valence-electron chi connectivity index (χ4n) is 5.58. The van der Waals surface area contributed by atoms with Crippen molar-refractivity contribution in [3.05, 3.63) is 34.9 Å². The molecular weight excluding hydrogens is 478 g/mol. The Bertz CT molecular complexity index is 975. The van der Waals surface area contributed by atoms with Crippen molar-refractivity contribution in [2.24, 2.45) is 11.8 Å². The van der Waals surface area contributed by atoms with Crippen LogP contribution in [0.15, 0.2) is 18.2 Å². The highest BCUT2D eigenvalue weighted by Crippen LogP contribution is 2.41. The van der Waals surface area contributed by atoms with Crippen LogP contribution in [0.25, 0.3) is 0 Å². The molecule has 0 aliphatic heterocycles. The van der Waals surface area contributed by atoms with E-state index in [0.717, 1.165) is 48.8 Å². The summed E-state index contributed by atoms with van der Waals surface area (Å²) in [6.45, 7) is 15.5. The molecule has 2 aliphatic rings. The van der Waals surface area contributed by atoms with Crippen LogP contribution in [-0.2, 0) is 14.3 Å². The lowest BCUT2D eigenvalue weighted by Gasteiger charge is -2.37. The third kappa shape index (κ3) is 7.97. The third-order valence-electron chi connectivity index (χ3n) is 7.87. The SMILES string of the molecule is CCC(C)C(NC(=O)OC(C)(C)C)C(=O)N(C(C(=O)NC1CCCCC1)c1cc(C)cc(C)c1)C1CC1C. The first kappa shape index (κ1) is 30.0. The summed E-state index contributed by atoms with van der Waals surface area (Å²) in [6.07, 6.45) is 6.27. The summed E-state index contributed by atoms with van der Waals surface area (Å²) >= 11 is 0. The van der Waals surface area contributed by atoms with Gasteiger partial charge < -0.3 is 20.3 Å². The molecule has 7 heteroatoms. The van der Waals surface area contributed by atoms with E-state index >= 15 is 0 Å². The average molecular weight is 528 g/mol. The standard InChI is InChI=1S/C31H49N3O4/c1-9-21(4)26(33-30(37)38-31(6,7)8)29(36)34(25-18-22(25)5)27(23-16-19(2)15-20(3)17-23)28(35)32-24-13-11-10-12-14-24/h15-17,21-22,24-27H,9-14,18H2,1-8H3,(H,32,35)(H,33,37). The molecule has 2 saturated carbocycles. The van der Waals surface area contributed by atoms with E-state index in [2.05, 4.69) is 23.6 Å². The van der Waals surface area contributed by atoms with E-state index in [9.17, 15) is 14.4 Å². The minimum Gasteiger partial charge on any atom is -0.444 e. The normalized spacial score (nSPS) is 22.1. The van der Waals surface area contributed by atoms with E-state index in [1.165, 1.54) is 6.42 Å². The summed E-state index contributed by atoms with van der Waals surface area (Å²) in [7, 11) is 0. The molecule has 2 N–H and O–H groups in total. The van der Waals surface area contributed by atoms with Gasteiger partial charge in [0.15, 0.2) is 0 Å². The third-order valence-corrected chi connectivity index (χ3v) is 7.87. The predicted molar refractivity (Wildman–Crippen MR) is 151 cm³/mol. The van der Waals surface area contributed by atoms with Crippen molar-refractivity contribution < 1.29 is 19.1 Å². The highest BCUT2D eigenvalue weighted by molar-refractivity contribution is 5.93. The van der Waals surface area contributed by atoms with E-state index in [4.69, 9.17) is 4.74 Å². The van der Waals surface area contributed by atoms with Gasteiger partial charge in [-0.05, 0) is 71.3 Å². The van der Waals surface area contributed by atoms with Gasteiger partial charge in [-0.2, -0.15) is 0 Å². The molecule has 1 aromatic rings. The molecule has 5 atom stereocenters. The van der Waals surface area contributed by atoms with Gasteiger partial charge in [0, 0.05) is 12.1 Å². The first-order chi connectivity index (χ1) is 17.8. The van der Waals surface area contributed by atoms with Crippen LogP contribution in [0.5, 0.6) is 0 Å². The van der Waals surface area contributed by atoms with Crippen LogP contribution < -0.4 is 10.6 Å². The second-order valence-electron chi connectivity index (χ2n) is 12.7. The molecule has 5 unspecified atom stereocenters. The van der Waals surface area contributed by atoms with Crippen molar-refractivity contribution in [2.45, 2.75) is 130 Å². The number of nitrogens with zero attached hydrogens (tertiary/aromatic N) is 1. The first-order valence-electron chi connectivity index (χ1n) is 14.5. The molecule has 38 heavy (non-hydrogen) atoms. The second kappa shape index (κ2) is 12.5. The van der Waals surface area contributed by atoms with Crippen molar-refractivity contribution in [1.29, 1.82) is 0 Å².